The molecule has 3 heteroatoms. The Hall–Kier alpha value is -1.77. The molecule has 0 aromatic heterocycles. The van der Waals surface area contributed by atoms with Crippen LogP contribution in [0.4, 0.5) is 0 Å². The van der Waals surface area contributed by atoms with Crippen molar-refractivity contribution in [3.63, 3.8) is 0 Å². The molecule has 1 aromatic rings. The van der Waals surface area contributed by atoms with Gasteiger partial charge in [-0.1, -0.05) is 18.2 Å². The summed E-state index contributed by atoms with van der Waals surface area (Å²) in [6, 6.07) is 6.57. The average molecular weight is 233 g/mol. The molecule has 0 saturated carbocycles. The van der Waals surface area contributed by atoms with Gasteiger partial charge in [-0.25, -0.2) is 0 Å². The highest BCUT2D eigenvalue weighted by molar-refractivity contribution is 5.97. The van der Waals surface area contributed by atoms with Crippen molar-refractivity contribution in [3.8, 4) is 5.75 Å². The first-order chi connectivity index (χ1) is 7.88. The van der Waals surface area contributed by atoms with Gasteiger partial charge in [0.1, 0.15) is 5.75 Å². The zero-order valence-electron chi connectivity index (χ0n) is 10.6. The fourth-order valence-corrected chi connectivity index (χ4v) is 1.59. The van der Waals surface area contributed by atoms with Gasteiger partial charge in [0.15, 0.2) is 0 Å². The molecule has 92 valence electrons. The molecule has 0 fully saturated rings. The standard InChI is InChI=1S/C14H19NO2/c1-5-10-15(14(2,3)4)13(17)11-8-6-7-9-12(11)16/h5-9,16H,1,10H2,2-4H3. The minimum atomic E-state index is -0.312. The average Bonchev–Trinajstić information content (AvgIpc) is 2.24. The summed E-state index contributed by atoms with van der Waals surface area (Å²) in [7, 11) is 0. The quantitative estimate of drug-likeness (QED) is 0.815. The molecule has 0 saturated heterocycles. The van der Waals surface area contributed by atoms with E-state index in [9.17, 15) is 9.90 Å². The molecule has 0 aliphatic heterocycles. The third kappa shape index (κ3) is 3.09. The summed E-state index contributed by atoms with van der Waals surface area (Å²) in [5.41, 5.74) is 0.0115. The Balaban J connectivity index is 3.09. The Labute approximate surface area is 102 Å². The number of aromatic hydroxyl groups is 1. The molecule has 0 radical (unpaired) electrons. The van der Waals surface area contributed by atoms with Crippen LogP contribution < -0.4 is 0 Å². The van der Waals surface area contributed by atoms with Crippen molar-refractivity contribution in [2.24, 2.45) is 0 Å². The van der Waals surface area contributed by atoms with E-state index in [-0.39, 0.29) is 17.2 Å². The molecule has 0 spiro atoms. The number of rotatable bonds is 3. The maximum Gasteiger partial charge on any atom is 0.258 e. The van der Waals surface area contributed by atoms with E-state index in [1.807, 2.05) is 20.8 Å². The van der Waals surface area contributed by atoms with Crippen LogP contribution in [0.1, 0.15) is 31.1 Å². The smallest absolute Gasteiger partial charge is 0.258 e. The lowest BCUT2D eigenvalue weighted by Crippen LogP contribution is -2.45. The Kier molecular flexibility index (Phi) is 3.94. The molecule has 3 nitrogen and oxygen atoms in total. The van der Waals surface area contributed by atoms with Gasteiger partial charge in [0.2, 0.25) is 0 Å². The molecule has 0 aliphatic carbocycles. The third-order valence-electron chi connectivity index (χ3n) is 2.50. The van der Waals surface area contributed by atoms with E-state index in [1.54, 1.807) is 29.2 Å². The van der Waals surface area contributed by atoms with Gasteiger partial charge in [-0.2, -0.15) is 0 Å². The summed E-state index contributed by atoms with van der Waals surface area (Å²) < 4.78 is 0. The number of amides is 1. The van der Waals surface area contributed by atoms with E-state index in [4.69, 9.17) is 0 Å². The van der Waals surface area contributed by atoms with Crippen molar-refractivity contribution in [2.45, 2.75) is 26.3 Å². The Morgan fingerprint density at radius 1 is 1.41 bits per heavy atom. The maximum absolute atomic E-state index is 12.3. The van der Waals surface area contributed by atoms with Crippen molar-refractivity contribution < 1.29 is 9.90 Å². The molecule has 0 aliphatic rings. The van der Waals surface area contributed by atoms with Gasteiger partial charge < -0.3 is 10.0 Å². The number of nitrogens with zero attached hydrogens (tertiary/aromatic N) is 1. The van der Waals surface area contributed by atoms with Gasteiger partial charge in [0, 0.05) is 12.1 Å². The number of hydrogen-bond donors (Lipinski definition) is 1. The topological polar surface area (TPSA) is 40.5 Å². The predicted molar refractivity (Wildman–Crippen MR) is 69.1 cm³/mol. The minimum Gasteiger partial charge on any atom is -0.507 e. The highest BCUT2D eigenvalue weighted by Crippen LogP contribution is 2.22. The van der Waals surface area contributed by atoms with Crippen molar-refractivity contribution in [3.05, 3.63) is 42.5 Å². The zero-order valence-corrected chi connectivity index (χ0v) is 10.6. The monoisotopic (exact) mass is 233 g/mol. The van der Waals surface area contributed by atoms with Gasteiger partial charge in [0.25, 0.3) is 5.91 Å². The molecule has 1 N–H and O–H groups in total. The summed E-state index contributed by atoms with van der Waals surface area (Å²) in [6.45, 7) is 9.97. The van der Waals surface area contributed by atoms with E-state index in [0.29, 0.717) is 12.1 Å². The largest absolute Gasteiger partial charge is 0.507 e. The van der Waals surface area contributed by atoms with Gasteiger partial charge in [0.05, 0.1) is 5.56 Å². The normalized spacial score (nSPS) is 11.0. The summed E-state index contributed by atoms with van der Waals surface area (Å²) in [5.74, 6) is -0.175. The fraction of sp³-hybridized carbons (Fsp3) is 0.357. The molecule has 17 heavy (non-hydrogen) atoms. The second-order valence-corrected chi connectivity index (χ2v) is 4.89. The van der Waals surface area contributed by atoms with Gasteiger partial charge in [-0.05, 0) is 32.9 Å². The second kappa shape index (κ2) is 5.04. The van der Waals surface area contributed by atoms with E-state index in [2.05, 4.69) is 6.58 Å². The van der Waals surface area contributed by atoms with Gasteiger partial charge in [-0.3, -0.25) is 4.79 Å². The van der Waals surface area contributed by atoms with Crippen molar-refractivity contribution >= 4 is 5.91 Å². The number of carbonyl (C=O) groups is 1. The molecular weight excluding hydrogens is 214 g/mol. The Morgan fingerprint density at radius 2 is 2.00 bits per heavy atom. The number of benzene rings is 1. The second-order valence-electron chi connectivity index (χ2n) is 4.89. The molecule has 0 heterocycles. The Morgan fingerprint density at radius 3 is 2.47 bits per heavy atom. The number of phenols is 1. The number of hydrogen-bond acceptors (Lipinski definition) is 2. The minimum absolute atomic E-state index is 0.0100. The number of carbonyl (C=O) groups excluding carboxylic acids is 1. The number of para-hydroxylation sites is 1. The third-order valence-corrected chi connectivity index (χ3v) is 2.50. The van der Waals surface area contributed by atoms with Crippen LogP contribution in [-0.2, 0) is 0 Å². The van der Waals surface area contributed by atoms with Crippen LogP contribution in [0.2, 0.25) is 0 Å². The Bertz CT molecular complexity index is 418. The van der Waals surface area contributed by atoms with Gasteiger partial charge in [-0.15, -0.1) is 6.58 Å². The lowest BCUT2D eigenvalue weighted by atomic mass is 10.0. The lowest BCUT2D eigenvalue weighted by molar-refractivity contribution is 0.0613. The molecule has 1 rings (SSSR count). The molecular formula is C14H19NO2. The molecule has 1 amide bonds. The molecule has 0 unspecified atom stereocenters. The summed E-state index contributed by atoms with van der Waals surface area (Å²) in [5, 5.41) is 9.69. The van der Waals surface area contributed by atoms with Crippen LogP contribution >= 0.6 is 0 Å². The summed E-state index contributed by atoms with van der Waals surface area (Å²) >= 11 is 0. The maximum atomic E-state index is 12.3. The van der Waals surface area contributed by atoms with Crippen LogP contribution in [0.15, 0.2) is 36.9 Å². The van der Waals surface area contributed by atoms with Crippen molar-refractivity contribution in [1.82, 2.24) is 4.90 Å². The molecule has 1 aromatic carbocycles. The summed E-state index contributed by atoms with van der Waals surface area (Å²) in [4.78, 5) is 14.0. The molecule has 0 atom stereocenters. The van der Waals surface area contributed by atoms with E-state index < -0.39 is 0 Å². The summed E-state index contributed by atoms with van der Waals surface area (Å²) in [6.07, 6.45) is 1.68. The number of phenolic OH excluding ortho intramolecular Hbond substituents is 1. The van der Waals surface area contributed by atoms with Crippen LogP contribution in [0, 0.1) is 0 Å². The van der Waals surface area contributed by atoms with Crippen molar-refractivity contribution in [1.29, 1.82) is 0 Å². The lowest BCUT2D eigenvalue weighted by Gasteiger charge is -2.35. The van der Waals surface area contributed by atoms with Crippen LogP contribution in [0.5, 0.6) is 5.75 Å². The van der Waals surface area contributed by atoms with Crippen LogP contribution in [0.25, 0.3) is 0 Å². The van der Waals surface area contributed by atoms with E-state index >= 15 is 0 Å². The predicted octanol–water partition coefficient (Wildman–Crippen LogP) is 2.82. The van der Waals surface area contributed by atoms with E-state index in [0.717, 1.165) is 0 Å². The first-order valence-corrected chi connectivity index (χ1v) is 5.59. The zero-order chi connectivity index (χ0) is 13.1. The van der Waals surface area contributed by atoms with Crippen LogP contribution in [-0.4, -0.2) is 28.0 Å². The van der Waals surface area contributed by atoms with Crippen LogP contribution in [0.3, 0.4) is 0 Å². The fourth-order valence-electron chi connectivity index (χ4n) is 1.59. The highest BCUT2D eigenvalue weighted by Gasteiger charge is 2.27. The van der Waals surface area contributed by atoms with E-state index in [1.165, 1.54) is 6.07 Å². The van der Waals surface area contributed by atoms with Crippen molar-refractivity contribution in [2.75, 3.05) is 6.54 Å². The molecule has 0 bridgehead atoms. The van der Waals surface area contributed by atoms with Gasteiger partial charge >= 0.3 is 0 Å². The first-order valence-electron chi connectivity index (χ1n) is 5.59. The SMILES string of the molecule is C=CCN(C(=O)c1ccccc1O)C(C)(C)C. The first kappa shape index (κ1) is 13.3. The highest BCUT2D eigenvalue weighted by atomic mass is 16.3.